The van der Waals surface area contributed by atoms with Crippen LogP contribution in [0.4, 0.5) is 5.69 Å². The first kappa shape index (κ1) is 13.4. The minimum atomic E-state index is -0.384. The number of likely N-dealkylation sites (N-methyl/N-ethyl adjacent to an activating group) is 1. The summed E-state index contributed by atoms with van der Waals surface area (Å²) in [4.78, 5) is 14.8. The van der Waals surface area contributed by atoms with Gasteiger partial charge in [-0.15, -0.1) is 0 Å². The molecule has 0 saturated heterocycles. The molecule has 0 fully saturated rings. The highest BCUT2D eigenvalue weighted by Crippen LogP contribution is 2.31. The van der Waals surface area contributed by atoms with Crippen LogP contribution in [0.25, 0.3) is 10.9 Å². The average Bonchev–Trinajstić information content (AvgIpc) is 2.44. The lowest BCUT2D eigenvalue weighted by Crippen LogP contribution is -2.27. The molecule has 0 amide bonds. The van der Waals surface area contributed by atoms with Gasteiger partial charge in [0.2, 0.25) is 0 Å². The number of benzene rings is 1. The smallest absolute Gasteiger partial charge is 0.295 e. The fourth-order valence-corrected chi connectivity index (χ4v) is 2.24. The molecular formula is C14H17N3O2. The standard InChI is InChI=1S/C14H17N3O2/c1-9(10(2)15-3)11-6-7-13(17(18)19)14-12(11)5-4-8-16-14/h4-10,15H,1-3H3. The van der Waals surface area contributed by atoms with E-state index in [1.54, 1.807) is 12.3 Å². The zero-order chi connectivity index (χ0) is 14.0. The molecule has 1 N–H and O–H groups in total. The van der Waals surface area contributed by atoms with E-state index in [4.69, 9.17) is 0 Å². The number of rotatable bonds is 4. The van der Waals surface area contributed by atoms with Gasteiger partial charge in [0.15, 0.2) is 0 Å². The maximum atomic E-state index is 11.0. The minimum Gasteiger partial charge on any atom is -0.317 e. The lowest BCUT2D eigenvalue weighted by Gasteiger charge is -2.21. The molecule has 0 spiro atoms. The topological polar surface area (TPSA) is 68.1 Å². The monoisotopic (exact) mass is 259 g/mol. The van der Waals surface area contributed by atoms with Crippen LogP contribution in [0.15, 0.2) is 30.5 Å². The molecule has 1 aromatic carbocycles. The van der Waals surface area contributed by atoms with Crippen molar-refractivity contribution in [1.82, 2.24) is 10.3 Å². The van der Waals surface area contributed by atoms with Crippen molar-refractivity contribution in [3.8, 4) is 0 Å². The predicted molar refractivity (Wildman–Crippen MR) is 75.3 cm³/mol. The van der Waals surface area contributed by atoms with E-state index < -0.39 is 0 Å². The number of fused-ring (bicyclic) bond motifs is 1. The van der Waals surface area contributed by atoms with Gasteiger partial charge in [-0.1, -0.05) is 19.1 Å². The van der Waals surface area contributed by atoms with Crippen molar-refractivity contribution in [3.63, 3.8) is 0 Å². The summed E-state index contributed by atoms with van der Waals surface area (Å²) in [5.41, 5.74) is 1.60. The fourth-order valence-electron chi connectivity index (χ4n) is 2.24. The Labute approximate surface area is 111 Å². The molecule has 5 nitrogen and oxygen atoms in total. The van der Waals surface area contributed by atoms with E-state index in [1.165, 1.54) is 0 Å². The van der Waals surface area contributed by atoms with Gasteiger partial charge >= 0.3 is 0 Å². The van der Waals surface area contributed by atoms with Gasteiger partial charge in [-0.25, -0.2) is 4.98 Å². The molecule has 19 heavy (non-hydrogen) atoms. The van der Waals surface area contributed by atoms with Crippen LogP contribution >= 0.6 is 0 Å². The predicted octanol–water partition coefficient (Wildman–Crippen LogP) is 2.85. The Bertz CT molecular complexity index is 613. The van der Waals surface area contributed by atoms with E-state index >= 15 is 0 Å². The molecule has 2 rings (SSSR count). The zero-order valence-electron chi connectivity index (χ0n) is 11.3. The number of hydrogen-bond donors (Lipinski definition) is 1. The second-order valence-electron chi connectivity index (χ2n) is 4.70. The Morgan fingerprint density at radius 3 is 2.68 bits per heavy atom. The highest BCUT2D eigenvalue weighted by Gasteiger charge is 2.20. The lowest BCUT2D eigenvalue weighted by molar-refractivity contribution is -0.383. The summed E-state index contributed by atoms with van der Waals surface area (Å²) in [6, 6.07) is 7.37. The van der Waals surface area contributed by atoms with Crippen molar-refractivity contribution in [2.75, 3.05) is 7.05 Å². The van der Waals surface area contributed by atoms with Gasteiger partial charge in [0.05, 0.1) is 4.92 Å². The first-order valence-electron chi connectivity index (χ1n) is 6.25. The van der Waals surface area contributed by atoms with Crippen LogP contribution in [0, 0.1) is 10.1 Å². The van der Waals surface area contributed by atoms with E-state index in [0.717, 1.165) is 10.9 Å². The fraction of sp³-hybridized carbons (Fsp3) is 0.357. The highest BCUT2D eigenvalue weighted by atomic mass is 16.6. The molecule has 2 atom stereocenters. The molecule has 0 radical (unpaired) electrons. The van der Waals surface area contributed by atoms with Crippen molar-refractivity contribution >= 4 is 16.6 Å². The Morgan fingerprint density at radius 2 is 2.05 bits per heavy atom. The SMILES string of the molecule is CNC(C)C(C)c1ccc([N+](=O)[O-])c2ncccc12. The number of hydrogen-bond acceptors (Lipinski definition) is 4. The maximum Gasteiger partial charge on any atom is 0.295 e. The molecule has 5 heteroatoms. The van der Waals surface area contributed by atoms with E-state index in [-0.39, 0.29) is 22.6 Å². The number of pyridine rings is 1. The summed E-state index contributed by atoms with van der Waals surface area (Å²) in [6.07, 6.45) is 1.59. The summed E-state index contributed by atoms with van der Waals surface area (Å²) in [5.74, 6) is 0.248. The lowest BCUT2D eigenvalue weighted by atomic mass is 9.91. The van der Waals surface area contributed by atoms with Crippen molar-refractivity contribution in [2.45, 2.75) is 25.8 Å². The van der Waals surface area contributed by atoms with Crippen LogP contribution in [0.5, 0.6) is 0 Å². The first-order valence-corrected chi connectivity index (χ1v) is 6.25. The van der Waals surface area contributed by atoms with Crippen molar-refractivity contribution in [3.05, 3.63) is 46.1 Å². The van der Waals surface area contributed by atoms with Gasteiger partial charge in [-0.05, 0) is 31.5 Å². The van der Waals surface area contributed by atoms with E-state index in [2.05, 4.69) is 24.1 Å². The summed E-state index contributed by atoms with van der Waals surface area (Å²) < 4.78 is 0. The zero-order valence-corrected chi connectivity index (χ0v) is 11.3. The second-order valence-corrected chi connectivity index (χ2v) is 4.70. The van der Waals surface area contributed by atoms with Gasteiger partial charge in [0.25, 0.3) is 5.69 Å². The Kier molecular flexibility index (Phi) is 3.76. The summed E-state index contributed by atoms with van der Waals surface area (Å²) >= 11 is 0. The summed E-state index contributed by atoms with van der Waals surface area (Å²) in [5, 5.41) is 15.1. The van der Waals surface area contributed by atoms with Crippen LogP contribution in [-0.4, -0.2) is 23.0 Å². The minimum absolute atomic E-state index is 0.0589. The van der Waals surface area contributed by atoms with Crippen molar-refractivity contribution in [2.24, 2.45) is 0 Å². The van der Waals surface area contributed by atoms with E-state index in [9.17, 15) is 10.1 Å². The molecule has 1 heterocycles. The number of non-ortho nitro benzene ring substituents is 1. The second kappa shape index (κ2) is 5.32. The van der Waals surface area contributed by atoms with Crippen molar-refractivity contribution in [1.29, 1.82) is 0 Å². The number of nitro benzene ring substituents is 1. The molecule has 100 valence electrons. The van der Waals surface area contributed by atoms with Crippen LogP contribution in [0.3, 0.4) is 0 Å². The Morgan fingerprint density at radius 1 is 1.32 bits per heavy atom. The molecule has 0 aliphatic heterocycles. The van der Waals surface area contributed by atoms with Crippen LogP contribution in [-0.2, 0) is 0 Å². The van der Waals surface area contributed by atoms with Gasteiger partial charge in [-0.3, -0.25) is 10.1 Å². The third-order valence-electron chi connectivity index (χ3n) is 3.67. The molecule has 2 aromatic rings. The maximum absolute atomic E-state index is 11.0. The third-order valence-corrected chi connectivity index (χ3v) is 3.67. The summed E-state index contributed by atoms with van der Waals surface area (Å²) in [7, 11) is 1.91. The number of nitrogens with zero attached hydrogens (tertiary/aromatic N) is 2. The van der Waals surface area contributed by atoms with E-state index in [0.29, 0.717) is 5.52 Å². The summed E-state index contributed by atoms with van der Waals surface area (Å²) in [6.45, 7) is 4.20. The van der Waals surface area contributed by atoms with Gasteiger partial charge in [0, 0.05) is 23.7 Å². The normalized spacial score (nSPS) is 14.3. The average molecular weight is 259 g/mol. The van der Waals surface area contributed by atoms with Crippen LogP contribution in [0.2, 0.25) is 0 Å². The first-order chi connectivity index (χ1) is 9.06. The molecule has 0 aliphatic carbocycles. The molecule has 0 aliphatic rings. The largest absolute Gasteiger partial charge is 0.317 e. The molecular weight excluding hydrogens is 242 g/mol. The number of aromatic nitrogens is 1. The molecule has 1 aromatic heterocycles. The Balaban J connectivity index is 2.65. The van der Waals surface area contributed by atoms with E-state index in [1.807, 2.05) is 25.2 Å². The molecule has 0 saturated carbocycles. The van der Waals surface area contributed by atoms with Crippen LogP contribution < -0.4 is 5.32 Å². The third kappa shape index (κ3) is 2.42. The molecule has 2 unspecified atom stereocenters. The molecule has 0 bridgehead atoms. The quantitative estimate of drug-likeness (QED) is 0.677. The van der Waals surface area contributed by atoms with Crippen molar-refractivity contribution < 1.29 is 4.92 Å². The van der Waals surface area contributed by atoms with Gasteiger partial charge in [-0.2, -0.15) is 0 Å². The Hall–Kier alpha value is -2.01. The number of nitro groups is 1. The number of nitrogens with one attached hydrogen (secondary N) is 1. The van der Waals surface area contributed by atoms with Gasteiger partial charge in [0.1, 0.15) is 5.52 Å². The van der Waals surface area contributed by atoms with Crippen LogP contribution in [0.1, 0.15) is 25.3 Å². The highest BCUT2D eigenvalue weighted by molar-refractivity contribution is 5.90. The van der Waals surface area contributed by atoms with Gasteiger partial charge < -0.3 is 5.32 Å².